The fraction of sp³-hybridized carbons (Fsp3) is 0. The van der Waals surface area contributed by atoms with Gasteiger partial charge in [0.25, 0.3) is 0 Å². The molecule has 0 unspecified atom stereocenters. The van der Waals surface area contributed by atoms with Crippen LogP contribution in [0.2, 0.25) is 0 Å². The number of hydrogen-bond donors (Lipinski definition) is 0. The minimum atomic E-state index is -4.47. The van der Waals surface area contributed by atoms with E-state index in [1.165, 1.54) is 0 Å². The van der Waals surface area contributed by atoms with Gasteiger partial charge in [-0.25, -0.2) is 0 Å². The molecule has 0 spiro atoms. The van der Waals surface area contributed by atoms with Gasteiger partial charge in [0, 0.05) is 0 Å². The van der Waals surface area contributed by atoms with Gasteiger partial charge in [-0.2, -0.15) is 0 Å². The van der Waals surface area contributed by atoms with E-state index in [0.29, 0.717) is 0 Å². The molecule has 0 radical (unpaired) electrons. The fourth-order valence-electron chi connectivity index (χ4n) is 0. The molecule has 0 aromatic heterocycles. The van der Waals surface area contributed by atoms with Gasteiger partial charge in [-0.3, -0.25) is 0 Å². The standard InChI is InChI=1S/La.Nd.6O. The molecule has 0 rings (SSSR count). The van der Waals surface area contributed by atoms with Gasteiger partial charge in [0.2, 0.25) is 0 Å². The van der Waals surface area contributed by atoms with Crippen LogP contribution in [0.5, 0.6) is 0 Å². The first-order valence-electron chi connectivity index (χ1n) is 1.32. The van der Waals surface area contributed by atoms with Gasteiger partial charge >= 0.3 is 73.5 Å². The van der Waals surface area contributed by atoms with Crippen molar-refractivity contribution in [3.05, 3.63) is 0 Å². The third-order valence-corrected chi connectivity index (χ3v) is 0. The average Bonchev–Trinajstić information content (AvgIpc) is 1.25. The van der Waals surface area contributed by atoms with Crippen molar-refractivity contribution in [3.8, 4) is 0 Å². The van der Waals surface area contributed by atoms with E-state index in [9.17, 15) is 0 Å². The molecule has 0 aromatic rings. The first kappa shape index (κ1) is 12.1. The Balaban J connectivity index is 0. The van der Waals surface area contributed by atoms with Crippen LogP contribution in [-0.4, -0.2) is 0 Å². The summed E-state index contributed by atoms with van der Waals surface area (Å²) in [4.78, 5) is 0. The van der Waals surface area contributed by atoms with Crippen molar-refractivity contribution in [2.45, 2.75) is 0 Å². The van der Waals surface area contributed by atoms with Crippen LogP contribution < -0.4 is 0 Å². The maximum absolute atomic E-state index is 8.64. The second-order valence-electron chi connectivity index (χ2n) is 0.539. The zero-order valence-corrected chi connectivity index (χ0v) is 10.4. The van der Waals surface area contributed by atoms with E-state index < -0.39 is 65.2 Å². The Morgan fingerprint density at radius 2 is 0.875 bits per heavy atom. The van der Waals surface area contributed by atoms with Crippen molar-refractivity contribution in [1.29, 1.82) is 0 Å². The molecule has 0 amide bonds. The summed E-state index contributed by atoms with van der Waals surface area (Å²) >= 11 is -8.88. The minimum absolute atomic E-state index is 4.41. The monoisotopic (exact) mass is 377 g/mol. The molecule has 8 heavy (non-hydrogen) atoms. The van der Waals surface area contributed by atoms with Crippen molar-refractivity contribution in [2.24, 2.45) is 0 Å². The SMILES string of the molecule is [O]=[La](=[O])=[O].[O]=[Nd](=[O])=[O]. The molecular weight excluding hydrogens is 379 g/mol. The van der Waals surface area contributed by atoms with Gasteiger partial charge in [0.1, 0.15) is 0 Å². The summed E-state index contributed by atoms with van der Waals surface area (Å²) in [7, 11) is 0. The molecule has 0 aliphatic heterocycles. The van der Waals surface area contributed by atoms with Gasteiger partial charge in [0.15, 0.2) is 0 Å². The molecule has 0 N–H and O–H groups in total. The summed E-state index contributed by atoms with van der Waals surface area (Å²) in [5.74, 6) is 0. The molecule has 0 aliphatic carbocycles. The molecule has 0 aromatic carbocycles. The predicted octanol–water partition coefficient (Wildman–Crippen LogP) is -0.713. The van der Waals surface area contributed by atoms with E-state index in [4.69, 9.17) is 8.24 Å². The van der Waals surface area contributed by atoms with Crippen molar-refractivity contribution < 1.29 is 73.5 Å². The molecule has 6 nitrogen and oxygen atoms in total. The first-order valence-corrected chi connectivity index (χ1v) is 9.69. The quantitative estimate of drug-likeness (QED) is 0.551. The topological polar surface area (TPSA) is 102 Å². The fourth-order valence-corrected chi connectivity index (χ4v) is 0. The van der Waals surface area contributed by atoms with Crippen molar-refractivity contribution in [2.75, 3.05) is 0 Å². The Kier molecular flexibility index (Phi) is 12.6. The van der Waals surface area contributed by atoms with Crippen LogP contribution in [0.15, 0.2) is 0 Å². The molecule has 0 atom stereocenters. The predicted molar refractivity (Wildman–Crippen MR) is 4.12 cm³/mol. The molecular formula is LaNdO6. The van der Waals surface area contributed by atoms with Gasteiger partial charge in [0.05, 0.1) is 0 Å². The van der Waals surface area contributed by atoms with Crippen molar-refractivity contribution >= 4 is 0 Å². The molecule has 0 saturated carbocycles. The van der Waals surface area contributed by atoms with Crippen LogP contribution in [0.1, 0.15) is 0 Å². The summed E-state index contributed by atoms with van der Waals surface area (Å²) in [5.41, 5.74) is 0. The maximum atomic E-state index is 8.64. The average molecular weight is 379 g/mol. The van der Waals surface area contributed by atoms with E-state index in [0.717, 1.165) is 0 Å². The van der Waals surface area contributed by atoms with Crippen LogP contribution in [-0.2, 0) is 8.24 Å². The van der Waals surface area contributed by atoms with Crippen LogP contribution >= 0.6 is 0 Å². The Morgan fingerprint density at radius 1 is 0.875 bits per heavy atom. The van der Waals surface area contributed by atoms with E-state index in [1.807, 2.05) is 0 Å². The third-order valence-electron chi connectivity index (χ3n) is 0. The van der Waals surface area contributed by atoms with Gasteiger partial charge in [-0.1, -0.05) is 0 Å². The number of hydrogen-bond acceptors (Lipinski definition) is 6. The van der Waals surface area contributed by atoms with Crippen molar-refractivity contribution in [3.63, 3.8) is 0 Å². The zero-order valence-electron chi connectivity index (χ0n) is 3.53. The molecule has 43 valence electrons. The molecule has 0 aliphatic rings. The summed E-state index contributed by atoms with van der Waals surface area (Å²) < 4.78 is 51.8. The van der Waals surface area contributed by atoms with E-state index in [-0.39, 0.29) is 0 Å². The molecule has 8 heteroatoms. The van der Waals surface area contributed by atoms with Gasteiger partial charge < -0.3 is 0 Å². The van der Waals surface area contributed by atoms with Gasteiger partial charge in [-0.05, 0) is 0 Å². The van der Waals surface area contributed by atoms with E-state index >= 15 is 0 Å². The van der Waals surface area contributed by atoms with Crippen LogP contribution in [0, 0.1) is 65.2 Å². The Morgan fingerprint density at radius 3 is 0.875 bits per heavy atom. The normalized spacial score (nSPS) is 3.75. The molecule has 0 fully saturated rings. The molecule has 0 saturated heterocycles. The third kappa shape index (κ3) is 163. The van der Waals surface area contributed by atoms with Gasteiger partial charge in [-0.15, -0.1) is 0 Å². The Bertz CT molecular complexity index is 177. The van der Waals surface area contributed by atoms with Crippen molar-refractivity contribution in [1.82, 2.24) is 0 Å². The van der Waals surface area contributed by atoms with Crippen LogP contribution in [0.3, 0.4) is 0 Å². The second-order valence-corrected chi connectivity index (χ2v) is 3.96. The summed E-state index contributed by atoms with van der Waals surface area (Å²) in [5, 5.41) is 0. The van der Waals surface area contributed by atoms with E-state index in [1.54, 1.807) is 0 Å². The summed E-state index contributed by atoms with van der Waals surface area (Å²) in [6.45, 7) is 0. The first-order chi connectivity index (χ1) is 3.46. The zero-order chi connectivity index (χ0) is 7.15. The Hall–Kier alpha value is 1.35. The second kappa shape index (κ2) is 8.35. The van der Waals surface area contributed by atoms with Crippen LogP contribution in [0.25, 0.3) is 0 Å². The molecule has 0 heterocycles. The van der Waals surface area contributed by atoms with Crippen LogP contribution in [0.4, 0.5) is 0 Å². The van der Waals surface area contributed by atoms with E-state index in [2.05, 4.69) is 0 Å². The summed E-state index contributed by atoms with van der Waals surface area (Å²) in [6, 6.07) is 0. The number of rotatable bonds is 0. The Labute approximate surface area is 71.6 Å². The molecule has 0 bridgehead atoms. The summed E-state index contributed by atoms with van der Waals surface area (Å²) in [6.07, 6.45) is 0.